The van der Waals surface area contributed by atoms with Crippen LogP contribution >= 0.6 is 0 Å². The average Bonchev–Trinajstić information content (AvgIpc) is 1.70. The molecule has 14 aromatic rings. The Labute approximate surface area is 522 Å². The molecule has 16 rings (SSSR count). The molecule has 2 aliphatic carbocycles. The maximum Gasteiger partial charge on any atom is 0.309 e. The number of carbonyl (C=O) groups excluding carboxylic acids is 2. The van der Waals surface area contributed by atoms with Gasteiger partial charge >= 0.3 is 11.9 Å². The largest absolute Gasteiger partial charge is 0.461 e. The molecule has 5 aromatic heterocycles. The van der Waals surface area contributed by atoms with Gasteiger partial charge in [0.2, 0.25) is 0 Å². The Morgan fingerprint density at radius 2 is 0.678 bits per heavy atom. The SMILES string of the molecule is C=CC1CC(C=C)C(C(=O)OCc2ccc3c(c2)c2ccccc2n3-c2cccc(-n3c4ccccc4c4ccccc43)c2)C1.C=CC1CC(C=C)C(C(=O)OCc2ccc3c(c2)c2ccccc2n3-c2cccc(-n3c4ccccc4c4ccccc43)n2)C1. The van der Waals surface area contributed by atoms with Crippen LogP contribution in [-0.2, 0) is 32.3 Å². The van der Waals surface area contributed by atoms with E-state index in [4.69, 9.17) is 14.5 Å². The van der Waals surface area contributed by atoms with Crippen molar-refractivity contribution >= 4 is 99.2 Å². The zero-order valence-corrected chi connectivity index (χ0v) is 50.1. The van der Waals surface area contributed by atoms with Crippen LogP contribution in [0.15, 0.2) is 275 Å². The molecule has 0 amide bonds. The lowest BCUT2D eigenvalue weighted by molar-refractivity contribution is -0.151. The highest BCUT2D eigenvalue weighted by Gasteiger charge is 2.38. The van der Waals surface area contributed by atoms with Gasteiger partial charge in [-0.1, -0.05) is 158 Å². The molecule has 9 nitrogen and oxygen atoms in total. The van der Waals surface area contributed by atoms with Crippen molar-refractivity contribution in [1.82, 2.24) is 23.3 Å². The Kier molecular flexibility index (Phi) is 14.5. The summed E-state index contributed by atoms with van der Waals surface area (Å²) in [6, 6.07) is 78.8. The number of hydrogen-bond donors (Lipinski definition) is 0. The van der Waals surface area contributed by atoms with Crippen LogP contribution in [-0.4, -0.2) is 35.2 Å². The van der Waals surface area contributed by atoms with E-state index >= 15 is 0 Å². The number of nitrogens with zero attached hydrogens (tertiary/aromatic N) is 5. The summed E-state index contributed by atoms with van der Waals surface area (Å²) in [6.45, 7) is 16.2. The van der Waals surface area contributed by atoms with Crippen molar-refractivity contribution in [2.24, 2.45) is 35.5 Å². The molecule has 90 heavy (non-hydrogen) atoms. The number of hydrogen-bond acceptors (Lipinski definition) is 5. The standard InChI is InChI=1S/C41H34N2O2.C40H33N3O2/c1-3-27-22-29(4-2)35(23-27)41(44)45-26-28-20-21-40-36(24-28)34-16-7-10-19-39(34)43(40)31-13-11-12-30(25-31)42-37-17-8-5-14-32(37)33-15-6-9-18-38(33)42;1-3-26-22-28(4-2)32(23-26)40(44)45-25-27-20-21-37-33(24-27)31-14-7-10-17-36(31)43(37)39-19-11-18-38(41-39)42-34-15-8-5-12-29(34)30-13-6-9-16-35(30)42/h3-21,24-25,27,29,35H,1-2,22-23,26H2;3-21,24,26,28,32H,1-2,22-23,25H2. The van der Waals surface area contributed by atoms with Crippen LogP contribution in [0.4, 0.5) is 0 Å². The molecule has 0 radical (unpaired) electrons. The van der Waals surface area contributed by atoms with Crippen molar-refractivity contribution in [3.05, 3.63) is 286 Å². The van der Waals surface area contributed by atoms with Gasteiger partial charge in [0.1, 0.15) is 24.8 Å². The summed E-state index contributed by atoms with van der Waals surface area (Å²) in [4.78, 5) is 31.4. The molecule has 440 valence electrons. The van der Waals surface area contributed by atoms with Crippen molar-refractivity contribution in [2.75, 3.05) is 0 Å². The van der Waals surface area contributed by atoms with Crippen molar-refractivity contribution in [2.45, 2.75) is 38.9 Å². The van der Waals surface area contributed by atoms with E-state index < -0.39 is 0 Å². The van der Waals surface area contributed by atoms with Gasteiger partial charge < -0.3 is 18.6 Å². The quantitative estimate of drug-likeness (QED) is 0.0800. The maximum absolute atomic E-state index is 13.1. The molecule has 9 heteroatoms. The van der Waals surface area contributed by atoms with E-state index in [1.165, 1.54) is 38.0 Å². The maximum atomic E-state index is 13.1. The summed E-state index contributed by atoms with van der Waals surface area (Å²) < 4.78 is 20.9. The molecule has 0 bridgehead atoms. The monoisotopic (exact) mass is 1170 g/mol. The minimum atomic E-state index is -0.163. The molecular formula is C81H67N5O4. The molecular weight excluding hydrogens is 1110 g/mol. The van der Waals surface area contributed by atoms with E-state index in [-0.39, 0.29) is 48.8 Å². The van der Waals surface area contributed by atoms with Crippen molar-refractivity contribution in [3.63, 3.8) is 0 Å². The van der Waals surface area contributed by atoms with Gasteiger partial charge in [-0.05, 0) is 151 Å². The lowest BCUT2D eigenvalue weighted by atomic mass is 9.96. The molecule has 6 atom stereocenters. The summed E-state index contributed by atoms with van der Waals surface area (Å²) in [7, 11) is 0. The molecule has 0 spiro atoms. The Balaban J connectivity index is 0.000000150. The third-order valence-corrected chi connectivity index (χ3v) is 19.1. The van der Waals surface area contributed by atoms with Gasteiger partial charge in [0.05, 0.1) is 56.0 Å². The van der Waals surface area contributed by atoms with Gasteiger partial charge in [-0.3, -0.25) is 18.7 Å². The minimum absolute atomic E-state index is 0.131. The van der Waals surface area contributed by atoms with E-state index in [1.54, 1.807) is 0 Å². The molecule has 0 saturated heterocycles. The van der Waals surface area contributed by atoms with Crippen LogP contribution in [0.5, 0.6) is 0 Å². The number of rotatable bonds is 14. The summed E-state index contributed by atoms with van der Waals surface area (Å²) in [5.41, 5.74) is 13.1. The first-order valence-corrected chi connectivity index (χ1v) is 31.2. The summed E-state index contributed by atoms with van der Waals surface area (Å²) in [6.07, 6.45) is 11.0. The zero-order chi connectivity index (χ0) is 61.0. The Morgan fingerprint density at radius 1 is 0.356 bits per heavy atom. The first-order valence-electron chi connectivity index (χ1n) is 31.2. The van der Waals surface area contributed by atoms with E-state index in [0.717, 1.165) is 109 Å². The average molecular weight is 1170 g/mol. The van der Waals surface area contributed by atoms with Crippen LogP contribution in [0.2, 0.25) is 0 Å². The number of ether oxygens (including phenoxy) is 2. The second-order valence-electron chi connectivity index (χ2n) is 24.2. The molecule has 2 saturated carbocycles. The van der Waals surface area contributed by atoms with Crippen LogP contribution in [0, 0.1) is 35.5 Å². The Morgan fingerprint density at radius 3 is 1.04 bits per heavy atom. The first kappa shape index (κ1) is 55.8. The topological polar surface area (TPSA) is 85.2 Å². The third-order valence-electron chi connectivity index (χ3n) is 19.1. The van der Waals surface area contributed by atoms with E-state index in [9.17, 15) is 9.59 Å². The summed E-state index contributed by atoms with van der Waals surface area (Å²) in [5, 5.41) is 9.44. The molecule has 9 aromatic carbocycles. The summed E-state index contributed by atoms with van der Waals surface area (Å²) >= 11 is 0. The predicted octanol–water partition coefficient (Wildman–Crippen LogP) is 19.3. The molecule has 0 N–H and O–H groups in total. The second-order valence-corrected chi connectivity index (χ2v) is 24.2. The van der Waals surface area contributed by atoms with Gasteiger partial charge in [-0.2, -0.15) is 0 Å². The Bertz CT molecular complexity index is 4760. The van der Waals surface area contributed by atoms with Crippen LogP contribution < -0.4 is 0 Å². The van der Waals surface area contributed by atoms with Crippen LogP contribution in [0.25, 0.3) is 110 Å². The van der Waals surface area contributed by atoms with Crippen molar-refractivity contribution < 1.29 is 19.1 Å². The van der Waals surface area contributed by atoms with E-state index in [0.29, 0.717) is 11.8 Å². The number of allylic oxidation sites excluding steroid dienone is 4. The van der Waals surface area contributed by atoms with Gasteiger partial charge in [-0.25, -0.2) is 4.98 Å². The number of pyridine rings is 1. The number of para-hydroxylation sites is 6. The van der Waals surface area contributed by atoms with Crippen molar-refractivity contribution in [1.29, 1.82) is 0 Å². The van der Waals surface area contributed by atoms with Gasteiger partial charge in [0.15, 0.2) is 0 Å². The molecule has 2 fully saturated rings. The zero-order valence-electron chi connectivity index (χ0n) is 50.1. The van der Waals surface area contributed by atoms with Gasteiger partial charge in [-0.15, -0.1) is 26.3 Å². The van der Waals surface area contributed by atoms with Gasteiger partial charge in [0.25, 0.3) is 0 Å². The fraction of sp³-hybridized carbons (Fsp3) is 0.148. The lowest BCUT2D eigenvalue weighted by Crippen LogP contribution is -2.20. The van der Waals surface area contributed by atoms with Crippen LogP contribution in [0.1, 0.15) is 36.8 Å². The van der Waals surface area contributed by atoms with E-state index in [1.807, 2.05) is 30.4 Å². The second kappa shape index (κ2) is 23.4. The number of fused-ring (bicyclic) bond motifs is 12. The highest BCUT2D eigenvalue weighted by Crippen LogP contribution is 2.42. The van der Waals surface area contributed by atoms with E-state index in [2.05, 4.69) is 263 Å². The number of esters is 2. The molecule has 6 unspecified atom stereocenters. The number of aromatic nitrogens is 5. The minimum Gasteiger partial charge on any atom is -0.461 e. The molecule has 0 aliphatic heterocycles. The normalized spacial score (nSPS) is 18.2. The highest BCUT2D eigenvalue weighted by atomic mass is 16.5. The summed E-state index contributed by atoms with van der Waals surface area (Å²) in [5.74, 6) is 2.02. The fourth-order valence-electron chi connectivity index (χ4n) is 14.7. The highest BCUT2D eigenvalue weighted by molar-refractivity contribution is 6.12. The van der Waals surface area contributed by atoms with Crippen molar-refractivity contribution in [3.8, 4) is 23.0 Å². The number of carbonyl (C=O) groups is 2. The first-order chi connectivity index (χ1) is 44.3. The van der Waals surface area contributed by atoms with Gasteiger partial charge in [0, 0.05) is 54.5 Å². The predicted molar refractivity (Wildman–Crippen MR) is 368 cm³/mol. The smallest absolute Gasteiger partial charge is 0.309 e. The third kappa shape index (κ3) is 9.69. The number of benzene rings is 9. The molecule has 2 aliphatic rings. The molecule has 5 heterocycles. The fourth-order valence-corrected chi connectivity index (χ4v) is 14.7. The Hall–Kier alpha value is -10.8. The lowest BCUT2D eigenvalue weighted by Gasteiger charge is -2.15. The van der Waals surface area contributed by atoms with Crippen LogP contribution in [0.3, 0.4) is 0 Å².